The van der Waals surface area contributed by atoms with Crippen molar-refractivity contribution in [3.05, 3.63) is 0 Å². The van der Waals surface area contributed by atoms with Crippen LogP contribution in [0.25, 0.3) is 0 Å². The van der Waals surface area contributed by atoms with E-state index in [1.165, 1.54) is 5.06 Å². The second-order valence-electron chi connectivity index (χ2n) is 1.66. The number of hydrogen-bond acceptors (Lipinski definition) is 2. The van der Waals surface area contributed by atoms with E-state index in [2.05, 4.69) is 0 Å². The van der Waals surface area contributed by atoms with Crippen molar-refractivity contribution >= 4 is 0 Å². The van der Waals surface area contributed by atoms with E-state index in [1.807, 2.05) is 0 Å². The molecule has 0 amide bonds. The van der Waals surface area contributed by atoms with Crippen LogP contribution in [0.5, 0.6) is 0 Å². The third kappa shape index (κ3) is 1.90. The Morgan fingerprint density at radius 1 is 1.14 bits per heavy atom. The minimum Gasteiger partial charge on any atom is -0.314 e. The van der Waals surface area contributed by atoms with Crippen LogP contribution in [0, 0.1) is 0 Å². The number of nitrogens with zero attached hydrogens (tertiary/aromatic N) is 1. The molecular formula is C5H13NO. The van der Waals surface area contributed by atoms with E-state index in [0.717, 1.165) is 25.9 Å². The first-order chi connectivity index (χ1) is 2.89. The quantitative estimate of drug-likeness (QED) is 0.496. The van der Waals surface area contributed by atoms with Crippen LogP contribution >= 0.6 is 0 Å². The molecule has 1 saturated heterocycles. The van der Waals surface area contributed by atoms with Gasteiger partial charge in [-0.05, 0) is 12.8 Å². The van der Waals surface area contributed by atoms with Gasteiger partial charge in [-0.15, -0.1) is 0 Å². The van der Waals surface area contributed by atoms with E-state index in [0.29, 0.717) is 0 Å². The summed E-state index contributed by atoms with van der Waals surface area (Å²) in [5.41, 5.74) is 0. The van der Waals surface area contributed by atoms with Crippen molar-refractivity contribution in [1.82, 2.24) is 5.06 Å². The summed E-state index contributed by atoms with van der Waals surface area (Å²) >= 11 is 0. The molecule has 0 aromatic rings. The van der Waals surface area contributed by atoms with Crippen LogP contribution < -0.4 is 0 Å². The summed E-state index contributed by atoms with van der Waals surface area (Å²) in [6.45, 7) is 1.75. The van der Waals surface area contributed by atoms with Crippen LogP contribution in [0.2, 0.25) is 0 Å². The molecule has 0 unspecified atom stereocenters. The molecule has 0 aliphatic carbocycles. The van der Waals surface area contributed by atoms with Gasteiger partial charge in [0.05, 0.1) is 0 Å². The lowest BCUT2D eigenvalue weighted by atomic mass is 10.4. The Hall–Kier alpha value is -0.0800. The first-order valence-electron chi connectivity index (χ1n) is 2.33. The van der Waals surface area contributed by atoms with Crippen molar-refractivity contribution in [3.63, 3.8) is 0 Å². The Morgan fingerprint density at radius 3 is 1.71 bits per heavy atom. The molecule has 1 aliphatic heterocycles. The van der Waals surface area contributed by atoms with Gasteiger partial charge in [0.15, 0.2) is 0 Å². The lowest BCUT2D eigenvalue weighted by Gasteiger charge is -1.99. The van der Waals surface area contributed by atoms with Crippen LogP contribution in [0.1, 0.15) is 20.3 Å². The van der Waals surface area contributed by atoms with Crippen molar-refractivity contribution in [2.45, 2.75) is 20.3 Å². The molecule has 0 bridgehead atoms. The molecule has 1 rings (SSSR count). The highest BCUT2D eigenvalue weighted by molar-refractivity contribution is 4.54. The Bertz CT molecular complexity index is 41.3. The molecule has 1 heterocycles. The molecule has 0 spiro atoms. The van der Waals surface area contributed by atoms with Gasteiger partial charge in [-0.25, -0.2) is 0 Å². The normalized spacial score (nSPS) is 21.9. The number of hydrogen-bond donors (Lipinski definition) is 1. The van der Waals surface area contributed by atoms with Crippen LogP contribution in [0.3, 0.4) is 0 Å². The Labute approximate surface area is 44.7 Å². The molecule has 0 radical (unpaired) electrons. The summed E-state index contributed by atoms with van der Waals surface area (Å²) in [5, 5.41) is 9.92. The van der Waals surface area contributed by atoms with Crippen molar-refractivity contribution in [2.24, 2.45) is 0 Å². The lowest BCUT2D eigenvalue weighted by Crippen LogP contribution is -2.11. The monoisotopic (exact) mass is 103 g/mol. The minimum atomic E-state index is 0. The summed E-state index contributed by atoms with van der Waals surface area (Å²) in [5.74, 6) is 0. The highest BCUT2D eigenvalue weighted by Gasteiger charge is 2.05. The summed E-state index contributed by atoms with van der Waals surface area (Å²) in [6.07, 6.45) is 2.33. The molecule has 0 atom stereocenters. The van der Waals surface area contributed by atoms with Gasteiger partial charge in [-0.3, -0.25) is 0 Å². The van der Waals surface area contributed by atoms with Crippen LogP contribution in [-0.2, 0) is 0 Å². The van der Waals surface area contributed by atoms with Crippen molar-refractivity contribution < 1.29 is 5.21 Å². The molecule has 2 heteroatoms. The summed E-state index contributed by atoms with van der Waals surface area (Å²) < 4.78 is 0. The van der Waals surface area contributed by atoms with E-state index >= 15 is 0 Å². The Morgan fingerprint density at radius 2 is 1.57 bits per heavy atom. The molecule has 44 valence electrons. The molecule has 0 aromatic carbocycles. The Kier molecular flexibility index (Phi) is 2.96. The standard InChI is InChI=1S/C4H9NO.CH4/c6-5-3-1-2-4-5;/h6H,1-4H2;1H4. The third-order valence-corrected chi connectivity index (χ3v) is 1.08. The summed E-state index contributed by atoms with van der Waals surface area (Å²) in [6, 6.07) is 0. The van der Waals surface area contributed by atoms with Gasteiger partial charge in [0.25, 0.3) is 0 Å². The smallest absolute Gasteiger partial charge is 0.0238 e. The molecule has 2 nitrogen and oxygen atoms in total. The highest BCUT2D eigenvalue weighted by Crippen LogP contribution is 2.01. The molecule has 1 aliphatic rings. The highest BCUT2D eigenvalue weighted by atomic mass is 16.5. The zero-order valence-corrected chi connectivity index (χ0v) is 3.72. The van der Waals surface area contributed by atoms with Gasteiger partial charge in [0, 0.05) is 13.1 Å². The summed E-state index contributed by atoms with van der Waals surface area (Å²) in [7, 11) is 0. The van der Waals surface area contributed by atoms with Gasteiger partial charge in [-0.1, -0.05) is 7.43 Å². The lowest BCUT2D eigenvalue weighted by molar-refractivity contribution is -0.0678. The van der Waals surface area contributed by atoms with Gasteiger partial charge in [-0.2, -0.15) is 5.06 Å². The average molecular weight is 103 g/mol. The fourth-order valence-corrected chi connectivity index (χ4v) is 0.700. The maximum Gasteiger partial charge on any atom is 0.0238 e. The second-order valence-corrected chi connectivity index (χ2v) is 1.66. The fraction of sp³-hybridized carbons (Fsp3) is 1.00. The van der Waals surface area contributed by atoms with E-state index < -0.39 is 0 Å². The molecule has 1 fully saturated rings. The maximum absolute atomic E-state index is 8.56. The van der Waals surface area contributed by atoms with E-state index in [1.54, 1.807) is 0 Å². The van der Waals surface area contributed by atoms with Crippen molar-refractivity contribution in [2.75, 3.05) is 13.1 Å². The average Bonchev–Trinajstić information content (AvgIpc) is 1.86. The van der Waals surface area contributed by atoms with E-state index in [9.17, 15) is 0 Å². The number of hydroxylamine groups is 2. The van der Waals surface area contributed by atoms with Crippen molar-refractivity contribution in [3.8, 4) is 0 Å². The molecule has 1 N–H and O–H groups in total. The number of rotatable bonds is 0. The SMILES string of the molecule is C.ON1CCCC1. The van der Waals surface area contributed by atoms with Crippen LogP contribution in [0.15, 0.2) is 0 Å². The summed E-state index contributed by atoms with van der Waals surface area (Å²) in [4.78, 5) is 0. The van der Waals surface area contributed by atoms with Crippen molar-refractivity contribution in [1.29, 1.82) is 0 Å². The molecular weight excluding hydrogens is 90.1 g/mol. The minimum absolute atomic E-state index is 0. The van der Waals surface area contributed by atoms with E-state index in [-0.39, 0.29) is 7.43 Å². The van der Waals surface area contributed by atoms with Gasteiger partial charge in [0.2, 0.25) is 0 Å². The third-order valence-electron chi connectivity index (χ3n) is 1.08. The Balaban J connectivity index is 0.000000360. The zero-order chi connectivity index (χ0) is 4.41. The fourth-order valence-electron chi connectivity index (χ4n) is 0.700. The molecule has 0 aromatic heterocycles. The van der Waals surface area contributed by atoms with E-state index in [4.69, 9.17) is 5.21 Å². The zero-order valence-electron chi connectivity index (χ0n) is 3.72. The van der Waals surface area contributed by atoms with Crippen LogP contribution in [-0.4, -0.2) is 23.4 Å². The molecule has 7 heavy (non-hydrogen) atoms. The first-order valence-corrected chi connectivity index (χ1v) is 2.33. The molecule has 0 saturated carbocycles. The topological polar surface area (TPSA) is 23.5 Å². The van der Waals surface area contributed by atoms with Gasteiger partial charge >= 0.3 is 0 Å². The van der Waals surface area contributed by atoms with Crippen LogP contribution in [0.4, 0.5) is 0 Å². The second kappa shape index (κ2) is 2.99. The van der Waals surface area contributed by atoms with Gasteiger partial charge in [0.1, 0.15) is 0 Å². The first kappa shape index (κ1) is 6.92. The predicted molar refractivity (Wildman–Crippen MR) is 29.3 cm³/mol. The van der Waals surface area contributed by atoms with Gasteiger partial charge < -0.3 is 5.21 Å². The largest absolute Gasteiger partial charge is 0.314 e. The maximum atomic E-state index is 8.56. The predicted octanol–water partition coefficient (Wildman–Crippen LogP) is 1.11.